The molecule has 0 bridgehead atoms. The number of nitrogens with one attached hydrogen (secondary N) is 1. The summed E-state index contributed by atoms with van der Waals surface area (Å²) in [4.78, 5) is 24.9. The van der Waals surface area contributed by atoms with Gasteiger partial charge in [0.25, 0.3) is 5.91 Å². The molecule has 6 nitrogen and oxygen atoms in total. The van der Waals surface area contributed by atoms with E-state index in [1.54, 1.807) is 25.1 Å². The summed E-state index contributed by atoms with van der Waals surface area (Å²) >= 11 is 6.88. The molecule has 0 aliphatic carbocycles. The van der Waals surface area contributed by atoms with E-state index >= 15 is 0 Å². The first-order chi connectivity index (χ1) is 13.8. The van der Waals surface area contributed by atoms with Gasteiger partial charge in [-0.2, -0.15) is 0 Å². The van der Waals surface area contributed by atoms with Gasteiger partial charge in [0, 0.05) is 21.7 Å². The Labute approximate surface area is 176 Å². The SMILES string of the molecule is Cc1c(S(=O)(=O)c2ccc(Cl)cc2)csc1C(=O)Nc1ccc2c(c1)C(=O)OC2. The van der Waals surface area contributed by atoms with Crippen molar-refractivity contribution in [1.82, 2.24) is 0 Å². The van der Waals surface area contributed by atoms with Gasteiger partial charge in [-0.25, -0.2) is 13.2 Å². The molecule has 0 unspecified atom stereocenters. The molecular weight excluding hydrogens is 434 g/mol. The third-order valence-corrected chi connectivity index (χ3v) is 7.94. The van der Waals surface area contributed by atoms with Crippen LogP contribution >= 0.6 is 22.9 Å². The van der Waals surface area contributed by atoms with Crippen LogP contribution in [0.25, 0.3) is 0 Å². The summed E-state index contributed by atoms with van der Waals surface area (Å²) in [6, 6.07) is 10.8. The number of carbonyl (C=O) groups excluding carboxylic acids is 2. The van der Waals surface area contributed by atoms with Gasteiger partial charge in [0.15, 0.2) is 0 Å². The second kappa shape index (κ2) is 7.29. The first kappa shape index (κ1) is 19.6. The number of anilines is 1. The van der Waals surface area contributed by atoms with Crippen LogP contribution in [0.3, 0.4) is 0 Å². The minimum absolute atomic E-state index is 0.0764. The van der Waals surface area contributed by atoms with E-state index in [1.807, 2.05) is 0 Å². The quantitative estimate of drug-likeness (QED) is 0.596. The van der Waals surface area contributed by atoms with Gasteiger partial charge in [-0.3, -0.25) is 4.79 Å². The summed E-state index contributed by atoms with van der Waals surface area (Å²) in [5.74, 6) is -0.879. The average Bonchev–Trinajstić information content (AvgIpc) is 3.25. The lowest BCUT2D eigenvalue weighted by molar-refractivity contribution is 0.0535. The average molecular weight is 448 g/mol. The molecule has 1 N–H and O–H groups in total. The molecule has 0 spiro atoms. The molecule has 1 aromatic heterocycles. The first-order valence-electron chi connectivity index (χ1n) is 8.47. The van der Waals surface area contributed by atoms with Gasteiger partial charge in [0.05, 0.1) is 20.2 Å². The summed E-state index contributed by atoms with van der Waals surface area (Å²) < 4.78 is 30.8. The van der Waals surface area contributed by atoms with E-state index in [1.165, 1.54) is 29.6 Å². The Morgan fingerprint density at radius 2 is 1.90 bits per heavy atom. The van der Waals surface area contributed by atoms with Crippen molar-refractivity contribution in [2.24, 2.45) is 0 Å². The van der Waals surface area contributed by atoms with E-state index in [-0.39, 0.29) is 21.3 Å². The van der Waals surface area contributed by atoms with Crippen molar-refractivity contribution in [2.75, 3.05) is 5.32 Å². The van der Waals surface area contributed by atoms with Gasteiger partial charge < -0.3 is 10.1 Å². The van der Waals surface area contributed by atoms with Gasteiger partial charge in [0.2, 0.25) is 9.84 Å². The molecule has 148 valence electrons. The Hall–Kier alpha value is -2.68. The van der Waals surface area contributed by atoms with E-state index in [2.05, 4.69) is 5.32 Å². The van der Waals surface area contributed by atoms with Crippen LogP contribution in [0.4, 0.5) is 5.69 Å². The largest absolute Gasteiger partial charge is 0.457 e. The number of halogens is 1. The predicted octanol–water partition coefficient (Wildman–Crippen LogP) is 4.47. The number of benzene rings is 2. The fourth-order valence-corrected chi connectivity index (χ4v) is 5.95. The van der Waals surface area contributed by atoms with Crippen molar-refractivity contribution in [3.05, 3.63) is 74.4 Å². The fourth-order valence-electron chi connectivity index (χ4n) is 3.01. The number of amides is 1. The lowest BCUT2D eigenvalue weighted by Crippen LogP contribution is -2.12. The molecule has 0 fully saturated rings. The zero-order valence-corrected chi connectivity index (χ0v) is 17.5. The van der Waals surface area contributed by atoms with Crippen LogP contribution in [0.15, 0.2) is 57.6 Å². The summed E-state index contributed by atoms with van der Waals surface area (Å²) in [5, 5.41) is 4.60. The molecule has 2 aromatic carbocycles. The summed E-state index contributed by atoms with van der Waals surface area (Å²) in [6.45, 7) is 1.81. The van der Waals surface area contributed by atoms with Crippen molar-refractivity contribution >= 4 is 50.3 Å². The number of hydrogen-bond donors (Lipinski definition) is 1. The van der Waals surface area contributed by atoms with Crippen LogP contribution in [0.2, 0.25) is 5.02 Å². The smallest absolute Gasteiger partial charge is 0.338 e. The highest BCUT2D eigenvalue weighted by molar-refractivity contribution is 7.91. The minimum Gasteiger partial charge on any atom is -0.457 e. The van der Waals surface area contributed by atoms with E-state index in [0.29, 0.717) is 21.8 Å². The highest BCUT2D eigenvalue weighted by Gasteiger charge is 2.26. The zero-order valence-electron chi connectivity index (χ0n) is 15.1. The molecule has 0 saturated carbocycles. The van der Waals surface area contributed by atoms with Crippen molar-refractivity contribution in [3.63, 3.8) is 0 Å². The highest BCUT2D eigenvalue weighted by atomic mass is 35.5. The fraction of sp³-hybridized carbons (Fsp3) is 0.100. The molecule has 0 saturated heterocycles. The number of hydrogen-bond acceptors (Lipinski definition) is 6. The number of ether oxygens (including phenoxy) is 1. The van der Waals surface area contributed by atoms with Gasteiger partial charge in [0.1, 0.15) is 6.61 Å². The first-order valence-corrected chi connectivity index (χ1v) is 11.2. The normalized spacial score (nSPS) is 13.1. The van der Waals surface area contributed by atoms with Crippen molar-refractivity contribution < 1.29 is 22.7 Å². The summed E-state index contributed by atoms with van der Waals surface area (Å²) in [7, 11) is -3.78. The van der Waals surface area contributed by atoms with Gasteiger partial charge in [-0.05, 0) is 48.9 Å². The van der Waals surface area contributed by atoms with E-state index < -0.39 is 21.7 Å². The minimum atomic E-state index is -3.78. The maximum absolute atomic E-state index is 12.9. The zero-order chi connectivity index (χ0) is 20.8. The summed E-state index contributed by atoms with van der Waals surface area (Å²) in [5.41, 5.74) is 1.97. The topological polar surface area (TPSA) is 89.5 Å². The Morgan fingerprint density at radius 1 is 1.17 bits per heavy atom. The monoisotopic (exact) mass is 447 g/mol. The molecule has 1 aliphatic heterocycles. The van der Waals surface area contributed by atoms with Crippen LogP contribution < -0.4 is 5.32 Å². The number of cyclic esters (lactones) is 1. The summed E-state index contributed by atoms with van der Waals surface area (Å²) in [6.07, 6.45) is 0. The second-order valence-electron chi connectivity index (χ2n) is 6.41. The molecule has 4 rings (SSSR count). The molecule has 2 heterocycles. The van der Waals surface area contributed by atoms with Gasteiger partial charge >= 0.3 is 5.97 Å². The van der Waals surface area contributed by atoms with Crippen LogP contribution in [-0.2, 0) is 21.2 Å². The number of rotatable bonds is 4. The van der Waals surface area contributed by atoms with Crippen molar-refractivity contribution in [3.8, 4) is 0 Å². The second-order valence-corrected chi connectivity index (χ2v) is 9.65. The number of sulfone groups is 1. The number of fused-ring (bicyclic) bond motifs is 1. The lowest BCUT2D eigenvalue weighted by Gasteiger charge is -2.07. The lowest BCUT2D eigenvalue weighted by atomic mass is 10.1. The molecule has 0 atom stereocenters. The molecule has 1 amide bonds. The molecule has 0 radical (unpaired) electrons. The predicted molar refractivity (Wildman–Crippen MR) is 109 cm³/mol. The molecular formula is C20H14ClNO5S2. The Bertz CT molecular complexity index is 1250. The van der Waals surface area contributed by atoms with Crippen LogP contribution in [0, 0.1) is 6.92 Å². The molecule has 3 aromatic rings. The standard InChI is InChI=1S/C20H14ClNO5S2/c1-11-17(29(25,26)15-6-3-13(21)4-7-15)10-28-18(11)19(23)22-14-5-2-12-9-27-20(24)16(12)8-14/h2-8,10H,9H2,1H3,(H,22,23). The van der Waals surface area contributed by atoms with E-state index in [0.717, 1.165) is 16.9 Å². The van der Waals surface area contributed by atoms with Crippen LogP contribution in [0.1, 0.15) is 31.2 Å². The maximum Gasteiger partial charge on any atom is 0.338 e. The third kappa shape index (κ3) is 3.55. The Morgan fingerprint density at radius 3 is 2.62 bits per heavy atom. The van der Waals surface area contributed by atoms with Crippen LogP contribution in [-0.4, -0.2) is 20.3 Å². The molecule has 1 aliphatic rings. The Balaban J connectivity index is 1.62. The van der Waals surface area contributed by atoms with Gasteiger partial charge in [-0.15, -0.1) is 11.3 Å². The highest BCUT2D eigenvalue weighted by Crippen LogP contribution is 2.32. The van der Waals surface area contributed by atoms with E-state index in [9.17, 15) is 18.0 Å². The van der Waals surface area contributed by atoms with Crippen LogP contribution in [0.5, 0.6) is 0 Å². The number of carbonyl (C=O) groups is 2. The maximum atomic E-state index is 12.9. The van der Waals surface area contributed by atoms with E-state index in [4.69, 9.17) is 16.3 Å². The van der Waals surface area contributed by atoms with Crippen molar-refractivity contribution in [1.29, 1.82) is 0 Å². The Kier molecular flexibility index (Phi) is 4.94. The number of esters is 1. The third-order valence-electron chi connectivity index (χ3n) is 4.56. The van der Waals surface area contributed by atoms with Gasteiger partial charge in [-0.1, -0.05) is 17.7 Å². The number of thiophene rings is 1. The molecule has 29 heavy (non-hydrogen) atoms. The van der Waals surface area contributed by atoms with Crippen molar-refractivity contribution in [2.45, 2.75) is 23.3 Å². The molecule has 9 heteroatoms.